The predicted molar refractivity (Wildman–Crippen MR) is 384 cm³/mol. The van der Waals surface area contributed by atoms with Gasteiger partial charge in [-0.3, -0.25) is 0 Å². The number of fused-ring (bicyclic) bond motifs is 9. The Morgan fingerprint density at radius 2 is 0.548 bits per heavy atom. The van der Waals surface area contributed by atoms with Gasteiger partial charge in [-0.2, -0.15) is 0 Å². The summed E-state index contributed by atoms with van der Waals surface area (Å²) in [6.07, 6.45) is 0. The maximum absolute atomic E-state index is 5.40. The molecule has 0 fully saturated rings. The first-order chi connectivity index (χ1) is 46.1. The van der Waals surface area contributed by atoms with Gasteiger partial charge in [-0.15, -0.1) is 0 Å². The Bertz CT molecular complexity index is 5420. The van der Waals surface area contributed by atoms with Crippen LogP contribution in [0, 0.1) is 0 Å². The number of aromatic nitrogens is 5. The maximum Gasteiger partial charge on any atom is 0.164 e. The first kappa shape index (κ1) is 53.7. The summed E-state index contributed by atoms with van der Waals surface area (Å²) in [5, 5.41) is 4.85. The molecule has 0 atom stereocenters. The fourth-order valence-corrected chi connectivity index (χ4v) is 14.8. The summed E-state index contributed by atoms with van der Waals surface area (Å²) in [6, 6.07) is 126. The summed E-state index contributed by atoms with van der Waals surface area (Å²) in [5.41, 5.74) is 24.5. The van der Waals surface area contributed by atoms with E-state index in [-0.39, 0.29) is 0 Å². The second kappa shape index (κ2) is 22.0. The van der Waals surface area contributed by atoms with Crippen molar-refractivity contribution in [1.82, 2.24) is 24.1 Å². The van der Waals surface area contributed by atoms with Crippen molar-refractivity contribution in [1.29, 1.82) is 0 Å². The van der Waals surface area contributed by atoms with Gasteiger partial charge in [0.05, 0.1) is 27.5 Å². The van der Waals surface area contributed by atoms with Crippen LogP contribution >= 0.6 is 0 Å². The van der Waals surface area contributed by atoms with Crippen LogP contribution in [0.15, 0.2) is 346 Å². The van der Waals surface area contributed by atoms with Gasteiger partial charge in [0, 0.05) is 49.6 Å². The van der Waals surface area contributed by atoms with Crippen molar-refractivity contribution in [3.05, 3.63) is 368 Å². The number of nitrogens with zero attached hydrogens (tertiary/aromatic N) is 5. The van der Waals surface area contributed by atoms with Crippen molar-refractivity contribution < 1.29 is 0 Å². The van der Waals surface area contributed by atoms with Gasteiger partial charge >= 0.3 is 0 Å². The molecule has 18 rings (SSSR count). The highest BCUT2D eigenvalue weighted by Gasteiger charge is 2.47. The lowest BCUT2D eigenvalue weighted by atomic mass is 9.66. The number of para-hydroxylation sites is 4. The predicted octanol–water partition coefficient (Wildman–Crippen LogP) is 22.1. The molecule has 0 N–H and O–H groups in total. The molecule has 14 aromatic carbocycles. The van der Waals surface area contributed by atoms with E-state index in [0.29, 0.717) is 17.5 Å². The first-order valence-corrected chi connectivity index (χ1v) is 31.8. The van der Waals surface area contributed by atoms with Crippen LogP contribution in [-0.2, 0) is 5.41 Å². The topological polar surface area (TPSA) is 48.5 Å². The quantitative estimate of drug-likeness (QED) is 0.130. The monoisotopic (exact) mass is 1180 g/mol. The van der Waals surface area contributed by atoms with Crippen molar-refractivity contribution in [3.63, 3.8) is 0 Å². The van der Waals surface area contributed by atoms with E-state index in [9.17, 15) is 0 Å². The lowest BCUT2D eigenvalue weighted by Gasteiger charge is -2.35. The van der Waals surface area contributed by atoms with Crippen molar-refractivity contribution in [2.75, 3.05) is 0 Å². The van der Waals surface area contributed by atoms with Crippen molar-refractivity contribution >= 4 is 43.6 Å². The summed E-state index contributed by atoms with van der Waals surface area (Å²) < 4.78 is 4.84. The van der Waals surface area contributed by atoms with Crippen molar-refractivity contribution in [3.8, 4) is 101 Å². The number of benzene rings is 14. The smallest absolute Gasteiger partial charge is 0.164 e. The van der Waals surface area contributed by atoms with Crippen LogP contribution in [0.1, 0.15) is 22.3 Å². The molecule has 0 radical (unpaired) electrons. The van der Waals surface area contributed by atoms with Gasteiger partial charge in [-0.25, -0.2) is 15.0 Å². The summed E-state index contributed by atoms with van der Waals surface area (Å²) >= 11 is 0. The summed E-state index contributed by atoms with van der Waals surface area (Å²) in [4.78, 5) is 16.0. The van der Waals surface area contributed by atoms with Crippen molar-refractivity contribution in [2.45, 2.75) is 5.41 Å². The Balaban J connectivity index is 0.953. The van der Waals surface area contributed by atoms with Crippen LogP contribution in [0.5, 0.6) is 0 Å². The molecule has 434 valence electrons. The largest absolute Gasteiger partial charge is 0.309 e. The number of hydrogen-bond donors (Lipinski definition) is 0. The summed E-state index contributed by atoms with van der Waals surface area (Å²) in [6.45, 7) is 0. The molecular weight excluding hydrogens is 1130 g/mol. The molecule has 0 amide bonds. The molecule has 3 aromatic heterocycles. The van der Waals surface area contributed by atoms with Crippen LogP contribution in [0.4, 0.5) is 0 Å². The molecule has 93 heavy (non-hydrogen) atoms. The zero-order chi connectivity index (χ0) is 61.4. The third-order valence-electron chi connectivity index (χ3n) is 19.0. The summed E-state index contributed by atoms with van der Waals surface area (Å²) in [5.74, 6) is 1.82. The molecule has 0 saturated carbocycles. The minimum Gasteiger partial charge on any atom is -0.309 e. The van der Waals surface area contributed by atoms with E-state index >= 15 is 0 Å². The molecule has 0 spiro atoms. The van der Waals surface area contributed by atoms with Crippen LogP contribution in [0.2, 0.25) is 0 Å². The Morgan fingerprint density at radius 1 is 0.204 bits per heavy atom. The fourth-order valence-electron chi connectivity index (χ4n) is 14.8. The van der Waals surface area contributed by atoms with E-state index in [1.165, 1.54) is 43.7 Å². The van der Waals surface area contributed by atoms with E-state index in [1.54, 1.807) is 0 Å². The van der Waals surface area contributed by atoms with Gasteiger partial charge in [0.2, 0.25) is 0 Å². The van der Waals surface area contributed by atoms with Gasteiger partial charge < -0.3 is 9.13 Å². The van der Waals surface area contributed by atoms with Crippen LogP contribution in [0.3, 0.4) is 0 Å². The van der Waals surface area contributed by atoms with E-state index in [2.05, 4.69) is 319 Å². The standard InChI is InChI=1S/C88H57N5/c1-7-25-58(26-8-1)65-49-67(62-43-47-77-75-38-20-23-41-81(75)92(83(77)56-62)71-33-15-5-16-34-71)53-69(51-65)88(79-40-22-19-37-73(79)74-46-45-64(55-80(74)88)87-90-85(60-29-11-3-12-30-60)89-86(91-87)61-31-13-4-14-32-61)70-52-66(59-27-9-2-10-28-59)50-68(54-70)63-44-48-78-76-39-21-24-42-82(76)93(84(78)57-63)72-35-17-6-18-36-72/h1-57H. The molecule has 0 unspecified atom stereocenters. The van der Waals surface area contributed by atoms with Crippen LogP contribution in [-0.4, -0.2) is 24.1 Å². The van der Waals surface area contributed by atoms with Crippen LogP contribution < -0.4 is 0 Å². The molecule has 0 bridgehead atoms. The molecule has 17 aromatic rings. The molecule has 1 aliphatic rings. The van der Waals surface area contributed by atoms with E-state index in [0.717, 1.165) is 106 Å². The zero-order valence-electron chi connectivity index (χ0n) is 50.6. The average molecular weight is 1180 g/mol. The lowest BCUT2D eigenvalue weighted by Crippen LogP contribution is -2.29. The van der Waals surface area contributed by atoms with E-state index in [4.69, 9.17) is 15.0 Å². The minimum atomic E-state index is -0.954. The summed E-state index contributed by atoms with van der Waals surface area (Å²) in [7, 11) is 0. The highest BCUT2D eigenvalue weighted by molar-refractivity contribution is 6.11. The molecule has 0 aliphatic heterocycles. The molecule has 0 saturated heterocycles. The van der Waals surface area contributed by atoms with Gasteiger partial charge in [0.15, 0.2) is 17.5 Å². The van der Waals surface area contributed by atoms with Gasteiger partial charge in [0.25, 0.3) is 0 Å². The third-order valence-corrected chi connectivity index (χ3v) is 19.0. The molecule has 5 heteroatoms. The maximum atomic E-state index is 5.40. The second-order valence-electron chi connectivity index (χ2n) is 24.3. The SMILES string of the molecule is c1ccc(-c2cc(-c3ccc4c5ccccc5n(-c5ccccc5)c4c3)cc(C3(c4cc(-c5ccccc5)cc(-c5ccc6c7ccccc7n(-c7ccccc7)c6c5)c4)c4ccccc4-c4ccc(-c5nc(-c6ccccc6)nc(-c6ccccc6)n5)cc43)c2)cc1. The average Bonchev–Trinajstić information content (AvgIpc) is 1.57. The Hall–Kier alpha value is -12.3. The Kier molecular flexibility index (Phi) is 12.7. The van der Waals surface area contributed by atoms with Gasteiger partial charge in [-0.05, 0) is 169 Å². The van der Waals surface area contributed by atoms with Gasteiger partial charge in [-0.1, -0.05) is 255 Å². The van der Waals surface area contributed by atoms with E-state index in [1.807, 2.05) is 36.4 Å². The number of hydrogen-bond acceptors (Lipinski definition) is 3. The van der Waals surface area contributed by atoms with Gasteiger partial charge in [0.1, 0.15) is 0 Å². The third kappa shape index (κ3) is 8.96. The second-order valence-corrected chi connectivity index (χ2v) is 24.3. The highest BCUT2D eigenvalue weighted by Crippen LogP contribution is 2.59. The highest BCUT2D eigenvalue weighted by atomic mass is 15.0. The van der Waals surface area contributed by atoms with Crippen molar-refractivity contribution in [2.24, 2.45) is 0 Å². The molecular formula is C88H57N5. The first-order valence-electron chi connectivity index (χ1n) is 31.8. The zero-order valence-corrected chi connectivity index (χ0v) is 50.6. The van der Waals surface area contributed by atoms with E-state index < -0.39 is 5.41 Å². The number of rotatable bonds is 11. The Labute approximate surface area is 539 Å². The molecule has 3 heterocycles. The Morgan fingerprint density at radius 3 is 1.01 bits per heavy atom. The lowest BCUT2D eigenvalue weighted by molar-refractivity contribution is 0.770. The molecule has 5 nitrogen and oxygen atoms in total. The fraction of sp³-hybridized carbons (Fsp3) is 0.0114. The molecule has 1 aliphatic carbocycles. The van der Waals surface area contributed by atoms with Crippen LogP contribution in [0.25, 0.3) is 145 Å². The minimum absolute atomic E-state index is 0.594. The normalized spacial score (nSPS) is 12.4.